The minimum absolute atomic E-state index is 0.338. The van der Waals surface area contributed by atoms with Crippen LogP contribution in [0.2, 0.25) is 0 Å². The minimum Gasteiger partial charge on any atom is -0.341 e. The first-order valence-electron chi connectivity index (χ1n) is 8.05. The lowest BCUT2D eigenvalue weighted by Gasteiger charge is -2.54. The summed E-state index contributed by atoms with van der Waals surface area (Å²) in [6, 6.07) is 0. The van der Waals surface area contributed by atoms with Crippen LogP contribution in [0.25, 0.3) is 0 Å². The van der Waals surface area contributed by atoms with Crippen molar-refractivity contribution in [1.82, 2.24) is 9.80 Å². The van der Waals surface area contributed by atoms with Gasteiger partial charge in [0, 0.05) is 24.9 Å². The zero-order valence-corrected chi connectivity index (χ0v) is 13.0. The molecule has 2 heterocycles. The second kappa shape index (κ2) is 6.25. The summed E-state index contributed by atoms with van der Waals surface area (Å²) >= 11 is 0. The van der Waals surface area contributed by atoms with Crippen molar-refractivity contribution in [1.29, 1.82) is 0 Å². The van der Waals surface area contributed by atoms with Crippen molar-refractivity contribution in [3.63, 3.8) is 0 Å². The van der Waals surface area contributed by atoms with Gasteiger partial charge in [0.2, 0.25) is 5.91 Å². The molecule has 1 amide bonds. The molecule has 2 fully saturated rings. The Morgan fingerprint density at radius 1 is 1.21 bits per heavy atom. The zero-order chi connectivity index (χ0) is 13.9. The Balaban J connectivity index is 1.65. The lowest BCUT2D eigenvalue weighted by molar-refractivity contribution is -0.146. The average molecular weight is 266 g/mol. The van der Waals surface area contributed by atoms with Crippen molar-refractivity contribution in [3.05, 3.63) is 0 Å². The number of nitrogens with zero attached hydrogens (tertiary/aromatic N) is 2. The van der Waals surface area contributed by atoms with Gasteiger partial charge in [0.05, 0.1) is 0 Å². The van der Waals surface area contributed by atoms with Crippen LogP contribution in [-0.2, 0) is 4.79 Å². The fourth-order valence-corrected chi connectivity index (χ4v) is 3.45. The Hall–Kier alpha value is -0.570. The van der Waals surface area contributed by atoms with E-state index in [9.17, 15) is 4.79 Å². The number of carbonyl (C=O) groups excluding carboxylic acids is 1. The van der Waals surface area contributed by atoms with Gasteiger partial charge in [-0.3, -0.25) is 4.79 Å². The number of hydrogen-bond acceptors (Lipinski definition) is 2. The number of piperidine rings is 1. The summed E-state index contributed by atoms with van der Waals surface area (Å²) < 4.78 is 0. The van der Waals surface area contributed by atoms with Gasteiger partial charge in [0.1, 0.15) is 0 Å². The van der Waals surface area contributed by atoms with Gasteiger partial charge in [-0.05, 0) is 51.2 Å². The van der Waals surface area contributed by atoms with E-state index >= 15 is 0 Å². The maximum Gasteiger partial charge on any atom is 0.222 e. The summed E-state index contributed by atoms with van der Waals surface area (Å²) in [4.78, 5) is 16.3. The van der Waals surface area contributed by atoms with Crippen LogP contribution in [-0.4, -0.2) is 48.4 Å². The highest BCUT2D eigenvalue weighted by molar-refractivity contribution is 5.76. The van der Waals surface area contributed by atoms with Crippen molar-refractivity contribution >= 4 is 5.91 Å². The van der Waals surface area contributed by atoms with Crippen molar-refractivity contribution in [2.24, 2.45) is 11.3 Å². The van der Waals surface area contributed by atoms with Crippen LogP contribution in [0.5, 0.6) is 0 Å². The molecule has 0 unspecified atom stereocenters. The smallest absolute Gasteiger partial charge is 0.222 e. The van der Waals surface area contributed by atoms with Crippen LogP contribution in [0.4, 0.5) is 0 Å². The predicted octanol–water partition coefficient (Wildman–Crippen LogP) is 2.76. The largest absolute Gasteiger partial charge is 0.341 e. The molecule has 110 valence electrons. The Morgan fingerprint density at radius 2 is 1.84 bits per heavy atom. The van der Waals surface area contributed by atoms with Crippen molar-refractivity contribution in [2.45, 2.75) is 52.9 Å². The van der Waals surface area contributed by atoms with Crippen molar-refractivity contribution < 1.29 is 4.79 Å². The lowest BCUT2D eigenvalue weighted by Crippen LogP contribution is -2.61. The molecule has 0 aromatic carbocycles. The third-order valence-corrected chi connectivity index (χ3v) is 4.88. The van der Waals surface area contributed by atoms with E-state index in [4.69, 9.17) is 0 Å². The molecule has 3 heteroatoms. The van der Waals surface area contributed by atoms with Crippen LogP contribution >= 0.6 is 0 Å². The summed E-state index contributed by atoms with van der Waals surface area (Å²) in [5.74, 6) is 1.17. The Kier molecular flexibility index (Phi) is 4.88. The molecule has 2 rings (SSSR count). The quantitative estimate of drug-likeness (QED) is 0.764. The molecule has 19 heavy (non-hydrogen) atoms. The Labute approximate surface area is 118 Å². The van der Waals surface area contributed by atoms with Gasteiger partial charge in [0.25, 0.3) is 0 Å². The topological polar surface area (TPSA) is 23.6 Å². The van der Waals surface area contributed by atoms with E-state index in [2.05, 4.69) is 23.6 Å². The van der Waals surface area contributed by atoms with Gasteiger partial charge in [-0.25, -0.2) is 0 Å². The monoisotopic (exact) mass is 266 g/mol. The highest BCUT2D eigenvalue weighted by Crippen LogP contribution is 2.40. The first-order chi connectivity index (χ1) is 9.04. The summed E-state index contributed by atoms with van der Waals surface area (Å²) in [6.45, 7) is 12.4. The molecule has 2 aliphatic rings. The summed E-state index contributed by atoms with van der Waals surface area (Å²) in [5.41, 5.74) is 0.485. The Morgan fingerprint density at radius 3 is 2.37 bits per heavy atom. The molecular weight excluding hydrogens is 236 g/mol. The van der Waals surface area contributed by atoms with Crippen LogP contribution in [0.3, 0.4) is 0 Å². The lowest BCUT2D eigenvalue weighted by atomic mass is 9.72. The summed E-state index contributed by atoms with van der Waals surface area (Å²) in [5, 5.41) is 0. The summed E-state index contributed by atoms with van der Waals surface area (Å²) in [7, 11) is 0. The van der Waals surface area contributed by atoms with Gasteiger partial charge >= 0.3 is 0 Å². The average Bonchev–Trinajstić information content (AvgIpc) is 2.36. The fraction of sp³-hybridized carbons (Fsp3) is 0.938. The highest BCUT2D eigenvalue weighted by Gasteiger charge is 2.45. The molecule has 0 aliphatic carbocycles. The van der Waals surface area contributed by atoms with Crippen LogP contribution < -0.4 is 0 Å². The third-order valence-electron chi connectivity index (χ3n) is 4.88. The van der Waals surface area contributed by atoms with E-state index in [0.717, 1.165) is 19.0 Å². The molecule has 0 bridgehead atoms. The summed E-state index contributed by atoms with van der Waals surface area (Å²) in [6.07, 6.45) is 5.94. The van der Waals surface area contributed by atoms with Crippen LogP contribution in [0.15, 0.2) is 0 Å². The normalized spacial score (nSPS) is 22.8. The van der Waals surface area contributed by atoms with Crippen molar-refractivity contribution in [2.75, 3.05) is 32.7 Å². The van der Waals surface area contributed by atoms with Crippen LogP contribution in [0, 0.1) is 11.3 Å². The van der Waals surface area contributed by atoms with Gasteiger partial charge in [-0.1, -0.05) is 20.8 Å². The molecule has 0 aromatic heterocycles. The van der Waals surface area contributed by atoms with E-state index in [1.54, 1.807) is 0 Å². The molecule has 0 aromatic rings. The molecule has 0 saturated carbocycles. The van der Waals surface area contributed by atoms with Gasteiger partial charge in [-0.2, -0.15) is 0 Å². The number of carbonyl (C=O) groups is 1. The first kappa shape index (κ1) is 14.8. The molecule has 2 aliphatic heterocycles. The zero-order valence-electron chi connectivity index (χ0n) is 13.0. The van der Waals surface area contributed by atoms with Gasteiger partial charge < -0.3 is 9.80 Å². The molecule has 0 atom stereocenters. The molecule has 1 spiro atoms. The van der Waals surface area contributed by atoms with E-state index in [-0.39, 0.29) is 0 Å². The van der Waals surface area contributed by atoms with Gasteiger partial charge in [0.15, 0.2) is 0 Å². The van der Waals surface area contributed by atoms with Crippen molar-refractivity contribution in [3.8, 4) is 0 Å². The van der Waals surface area contributed by atoms with E-state index in [0.29, 0.717) is 17.7 Å². The number of amides is 1. The molecular formula is C16H30N2O. The van der Waals surface area contributed by atoms with E-state index in [1.165, 1.54) is 45.3 Å². The third kappa shape index (κ3) is 3.71. The molecule has 0 radical (unpaired) electrons. The number of hydrogen-bond donors (Lipinski definition) is 0. The second-order valence-electron chi connectivity index (χ2n) is 6.98. The SMILES string of the molecule is CCC(=O)N1CC2(CCN(CCCC(C)C)CC2)C1. The molecule has 2 saturated heterocycles. The number of likely N-dealkylation sites (tertiary alicyclic amines) is 2. The minimum atomic E-state index is 0.338. The maximum absolute atomic E-state index is 11.6. The highest BCUT2D eigenvalue weighted by atomic mass is 16.2. The molecule has 3 nitrogen and oxygen atoms in total. The van der Waals surface area contributed by atoms with Gasteiger partial charge in [-0.15, -0.1) is 0 Å². The first-order valence-corrected chi connectivity index (χ1v) is 8.05. The maximum atomic E-state index is 11.6. The van der Waals surface area contributed by atoms with Crippen LogP contribution in [0.1, 0.15) is 52.9 Å². The fourth-order valence-electron chi connectivity index (χ4n) is 3.45. The number of rotatable bonds is 5. The standard InChI is InChI=1S/C16H30N2O/c1-4-15(19)18-12-16(13-18)7-10-17(11-8-16)9-5-6-14(2)3/h14H,4-13H2,1-3H3. The van der Waals surface area contributed by atoms with E-state index in [1.807, 2.05) is 6.92 Å². The predicted molar refractivity (Wildman–Crippen MR) is 79.1 cm³/mol. The Bertz CT molecular complexity index is 298. The van der Waals surface area contributed by atoms with E-state index < -0.39 is 0 Å². The second-order valence-corrected chi connectivity index (χ2v) is 6.98. The molecule has 0 N–H and O–H groups in total.